The highest BCUT2D eigenvalue weighted by molar-refractivity contribution is 5.90. The van der Waals surface area contributed by atoms with E-state index in [2.05, 4.69) is 15.6 Å². The molecule has 0 saturated carbocycles. The Bertz CT molecular complexity index is 884. The Kier molecular flexibility index (Phi) is 6.86. The van der Waals surface area contributed by atoms with Crippen LogP contribution in [0, 0.1) is 0 Å². The van der Waals surface area contributed by atoms with Gasteiger partial charge in [0.05, 0.1) is 6.10 Å². The Labute approximate surface area is 168 Å². The molecule has 0 spiro atoms. The number of carboxylic acid groups (broad SMARTS) is 1. The van der Waals surface area contributed by atoms with Crippen molar-refractivity contribution < 1.29 is 29.3 Å². The second-order valence-electron chi connectivity index (χ2n) is 7.83. The van der Waals surface area contributed by atoms with Crippen LogP contribution in [0.2, 0.25) is 0 Å². The molecule has 0 saturated heterocycles. The van der Waals surface area contributed by atoms with Crippen molar-refractivity contribution in [2.24, 2.45) is 0 Å². The molecule has 0 radical (unpaired) electrons. The number of hydrogen-bond donors (Lipinski definition) is 5. The zero-order chi connectivity index (χ0) is 21.8. The summed E-state index contributed by atoms with van der Waals surface area (Å²) in [6.45, 7) is 6.29. The first-order chi connectivity index (χ1) is 13.5. The topological polar surface area (TPSA) is 141 Å². The lowest BCUT2D eigenvalue weighted by Gasteiger charge is -2.25. The summed E-state index contributed by atoms with van der Waals surface area (Å²) in [5, 5.41) is 25.0. The fraction of sp³-hybridized carbons (Fsp3) is 0.450. The first-order valence-corrected chi connectivity index (χ1v) is 9.23. The summed E-state index contributed by atoms with van der Waals surface area (Å²) in [5.74, 6) is -2.05. The first kappa shape index (κ1) is 22.2. The molecule has 0 fully saturated rings. The predicted octanol–water partition coefficient (Wildman–Crippen LogP) is 1.55. The van der Waals surface area contributed by atoms with Crippen LogP contribution in [0.5, 0.6) is 0 Å². The number of aromatic nitrogens is 1. The number of para-hydroxylation sites is 1. The third-order valence-corrected chi connectivity index (χ3v) is 4.15. The fourth-order valence-electron chi connectivity index (χ4n) is 2.82. The van der Waals surface area contributed by atoms with Gasteiger partial charge in [0.1, 0.15) is 17.7 Å². The number of carbonyl (C=O) groups excluding carboxylic acids is 2. The third-order valence-electron chi connectivity index (χ3n) is 4.15. The molecule has 158 valence electrons. The summed E-state index contributed by atoms with van der Waals surface area (Å²) in [6.07, 6.45) is -0.422. The third kappa shape index (κ3) is 6.21. The Hall–Kier alpha value is -3.07. The van der Waals surface area contributed by atoms with Crippen LogP contribution in [0.25, 0.3) is 10.9 Å². The van der Waals surface area contributed by atoms with Crippen molar-refractivity contribution >= 4 is 28.9 Å². The molecule has 0 aliphatic rings. The van der Waals surface area contributed by atoms with Crippen molar-refractivity contribution in [3.05, 3.63) is 36.0 Å². The van der Waals surface area contributed by atoms with Gasteiger partial charge in [0.25, 0.3) is 0 Å². The second kappa shape index (κ2) is 8.95. The van der Waals surface area contributed by atoms with E-state index < -0.39 is 41.8 Å². The predicted molar refractivity (Wildman–Crippen MR) is 106 cm³/mol. The van der Waals surface area contributed by atoms with Crippen LogP contribution in [0.3, 0.4) is 0 Å². The highest BCUT2D eigenvalue weighted by Gasteiger charge is 2.31. The van der Waals surface area contributed by atoms with Gasteiger partial charge in [-0.15, -0.1) is 0 Å². The number of fused-ring (bicyclic) bond motifs is 1. The van der Waals surface area contributed by atoms with Gasteiger partial charge in [-0.1, -0.05) is 18.2 Å². The standard InChI is InChI=1S/C20H27N3O6/c1-11(24)16(23-19(28)29-20(2,3)4)17(25)22-15(18(26)27)9-12-10-21-14-8-6-5-7-13(12)14/h5-8,10-11,15-16,21,24H,9H2,1-4H3,(H,22,25)(H,23,28)(H,26,27)/t11-,15+,16+/m1/s1. The highest BCUT2D eigenvalue weighted by Crippen LogP contribution is 2.19. The molecule has 2 aromatic rings. The van der Waals surface area contributed by atoms with Crippen LogP contribution in [0.4, 0.5) is 4.79 Å². The van der Waals surface area contributed by atoms with Gasteiger partial charge in [-0.25, -0.2) is 9.59 Å². The molecular weight excluding hydrogens is 378 g/mol. The molecule has 29 heavy (non-hydrogen) atoms. The number of amides is 2. The normalized spacial score (nSPS) is 14.7. The number of carboxylic acids is 1. The number of carbonyl (C=O) groups is 3. The number of H-pyrrole nitrogens is 1. The molecule has 5 N–H and O–H groups in total. The molecule has 2 rings (SSSR count). The van der Waals surface area contributed by atoms with E-state index in [-0.39, 0.29) is 6.42 Å². The average Bonchev–Trinajstić information content (AvgIpc) is 3.00. The molecule has 1 aromatic carbocycles. The van der Waals surface area contributed by atoms with Gasteiger partial charge in [0.15, 0.2) is 0 Å². The number of ether oxygens (including phenoxy) is 1. The minimum atomic E-state index is -1.37. The number of rotatable bonds is 7. The molecule has 0 aliphatic carbocycles. The number of alkyl carbamates (subject to hydrolysis) is 1. The monoisotopic (exact) mass is 405 g/mol. The Balaban J connectivity index is 2.12. The Morgan fingerprint density at radius 1 is 1.17 bits per heavy atom. The molecule has 0 unspecified atom stereocenters. The number of aliphatic hydroxyl groups is 1. The van der Waals surface area contributed by atoms with E-state index in [0.29, 0.717) is 0 Å². The van der Waals surface area contributed by atoms with E-state index in [1.807, 2.05) is 24.3 Å². The van der Waals surface area contributed by atoms with Crippen LogP contribution in [0.15, 0.2) is 30.5 Å². The quantitative estimate of drug-likeness (QED) is 0.473. The maximum atomic E-state index is 12.6. The Morgan fingerprint density at radius 2 is 1.83 bits per heavy atom. The van der Waals surface area contributed by atoms with Crippen LogP contribution >= 0.6 is 0 Å². The minimum absolute atomic E-state index is 0.0318. The maximum absolute atomic E-state index is 12.6. The lowest BCUT2D eigenvalue weighted by Crippen LogP contribution is -2.56. The van der Waals surface area contributed by atoms with Gasteiger partial charge < -0.3 is 30.6 Å². The molecule has 9 heteroatoms. The van der Waals surface area contributed by atoms with E-state index >= 15 is 0 Å². The smallest absolute Gasteiger partial charge is 0.408 e. The summed E-state index contributed by atoms with van der Waals surface area (Å²) < 4.78 is 5.09. The van der Waals surface area contributed by atoms with Crippen LogP contribution in [-0.4, -0.2) is 57.0 Å². The van der Waals surface area contributed by atoms with Gasteiger partial charge in [0, 0.05) is 23.5 Å². The van der Waals surface area contributed by atoms with E-state index in [1.54, 1.807) is 27.0 Å². The number of aromatic amines is 1. The molecule has 0 bridgehead atoms. The summed E-state index contributed by atoms with van der Waals surface area (Å²) in [4.78, 5) is 39.3. The highest BCUT2D eigenvalue weighted by atomic mass is 16.6. The summed E-state index contributed by atoms with van der Waals surface area (Å²) in [5.41, 5.74) is 0.788. The summed E-state index contributed by atoms with van der Waals surface area (Å²) >= 11 is 0. The number of benzene rings is 1. The molecule has 1 aromatic heterocycles. The first-order valence-electron chi connectivity index (χ1n) is 9.23. The van der Waals surface area contributed by atoms with Crippen LogP contribution < -0.4 is 10.6 Å². The summed E-state index contributed by atoms with van der Waals surface area (Å²) in [7, 11) is 0. The number of aliphatic carboxylic acids is 1. The SMILES string of the molecule is C[C@@H](O)[C@H](NC(=O)OC(C)(C)C)C(=O)N[C@@H](Cc1c[nH]c2ccccc12)C(=O)O. The number of hydrogen-bond acceptors (Lipinski definition) is 5. The van der Waals surface area contributed by atoms with Crippen molar-refractivity contribution in [2.75, 3.05) is 0 Å². The van der Waals surface area contributed by atoms with E-state index in [4.69, 9.17) is 4.74 Å². The van der Waals surface area contributed by atoms with Gasteiger partial charge in [-0.2, -0.15) is 0 Å². The molecular formula is C20H27N3O6. The molecule has 1 heterocycles. The minimum Gasteiger partial charge on any atom is -0.480 e. The van der Waals surface area contributed by atoms with Crippen LogP contribution in [0.1, 0.15) is 33.3 Å². The largest absolute Gasteiger partial charge is 0.480 e. The maximum Gasteiger partial charge on any atom is 0.408 e. The number of nitrogens with one attached hydrogen (secondary N) is 3. The van der Waals surface area contributed by atoms with E-state index in [1.165, 1.54) is 6.92 Å². The van der Waals surface area contributed by atoms with Gasteiger partial charge >= 0.3 is 12.1 Å². The molecule has 0 aliphatic heterocycles. The molecule has 2 amide bonds. The zero-order valence-corrected chi connectivity index (χ0v) is 16.9. The van der Waals surface area contributed by atoms with E-state index in [0.717, 1.165) is 16.5 Å². The van der Waals surface area contributed by atoms with Crippen LogP contribution in [-0.2, 0) is 20.7 Å². The Morgan fingerprint density at radius 3 is 2.41 bits per heavy atom. The lowest BCUT2D eigenvalue weighted by atomic mass is 10.0. The zero-order valence-electron chi connectivity index (χ0n) is 16.9. The van der Waals surface area contributed by atoms with Crippen molar-refractivity contribution in [3.8, 4) is 0 Å². The van der Waals surface area contributed by atoms with Crippen molar-refractivity contribution in [3.63, 3.8) is 0 Å². The van der Waals surface area contributed by atoms with Gasteiger partial charge in [-0.05, 0) is 39.3 Å². The van der Waals surface area contributed by atoms with Crippen molar-refractivity contribution in [1.29, 1.82) is 0 Å². The fourth-order valence-corrected chi connectivity index (χ4v) is 2.82. The lowest BCUT2D eigenvalue weighted by molar-refractivity contribution is -0.142. The van der Waals surface area contributed by atoms with Crippen molar-refractivity contribution in [2.45, 2.75) is 57.9 Å². The molecule has 9 nitrogen and oxygen atoms in total. The van der Waals surface area contributed by atoms with Gasteiger partial charge in [0.2, 0.25) is 5.91 Å². The van der Waals surface area contributed by atoms with Gasteiger partial charge in [-0.3, -0.25) is 4.79 Å². The van der Waals surface area contributed by atoms with Crippen molar-refractivity contribution in [1.82, 2.24) is 15.6 Å². The number of aliphatic hydroxyl groups excluding tert-OH is 1. The summed E-state index contributed by atoms with van der Waals surface area (Å²) in [6, 6.07) is 4.79. The van der Waals surface area contributed by atoms with E-state index in [9.17, 15) is 24.6 Å². The average molecular weight is 405 g/mol. The second-order valence-corrected chi connectivity index (χ2v) is 7.83. The molecule has 3 atom stereocenters.